The molecule has 0 atom stereocenters. The Morgan fingerprint density at radius 1 is 1.24 bits per heavy atom. The number of thiazole rings is 1. The summed E-state index contributed by atoms with van der Waals surface area (Å²) in [6.07, 6.45) is 7.96. The summed E-state index contributed by atoms with van der Waals surface area (Å²) in [7, 11) is 1.80. The van der Waals surface area contributed by atoms with Crippen LogP contribution in [-0.2, 0) is 0 Å². The van der Waals surface area contributed by atoms with Gasteiger partial charge < -0.3 is 4.90 Å². The van der Waals surface area contributed by atoms with Crippen LogP contribution in [0.2, 0.25) is 0 Å². The van der Waals surface area contributed by atoms with E-state index in [1.54, 1.807) is 17.3 Å². The molecule has 2 heterocycles. The van der Waals surface area contributed by atoms with Crippen molar-refractivity contribution in [1.82, 2.24) is 14.9 Å². The summed E-state index contributed by atoms with van der Waals surface area (Å²) in [6, 6.07) is 3.98. The number of aromatic nitrogens is 2. The number of amides is 1. The van der Waals surface area contributed by atoms with Gasteiger partial charge in [0.2, 0.25) is 0 Å². The minimum absolute atomic E-state index is 0.0732. The van der Waals surface area contributed by atoms with Crippen LogP contribution < -0.4 is 0 Å². The fourth-order valence-corrected chi connectivity index (χ4v) is 2.97. The maximum Gasteiger partial charge on any atom is 0.273 e. The van der Waals surface area contributed by atoms with Gasteiger partial charge in [-0.2, -0.15) is 0 Å². The van der Waals surface area contributed by atoms with Crippen molar-refractivity contribution in [2.75, 3.05) is 7.05 Å². The lowest BCUT2D eigenvalue weighted by molar-refractivity contribution is 0.0650. The molecule has 2 aromatic heterocycles. The first-order valence-electron chi connectivity index (χ1n) is 8.27. The van der Waals surface area contributed by atoms with Gasteiger partial charge in [-0.3, -0.25) is 9.78 Å². The van der Waals surface area contributed by atoms with E-state index in [0.717, 1.165) is 21.8 Å². The van der Waals surface area contributed by atoms with E-state index in [0.29, 0.717) is 5.69 Å². The summed E-state index contributed by atoms with van der Waals surface area (Å²) in [5.74, 6) is -0.0732. The van der Waals surface area contributed by atoms with Gasteiger partial charge in [0.25, 0.3) is 5.91 Å². The molecule has 5 heteroatoms. The molecule has 0 unspecified atom stereocenters. The van der Waals surface area contributed by atoms with Crippen molar-refractivity contribution in [2.45, 2.75) is 40.2 Å². The molecule has 0 spiro atoms. The minimum Gasteiger partial charge on any atom is -0.336 e. The maximum atomic E-state index is 12.5. The molecular weight excluding hydrogens is 330 g/mol. The van der Waals surface area contributed by atoms with Crippen molar-refractivity contribution in [1.29, 1.82) is 0 Å². The number of carbonyl (C=O) groups is 1. The molecule has 0 aliphatic rings. The zero-order valence-corrected chi connectivity index (χ0v) is 16.5. The molecular formula is C20H25N3OS. The lowest BCUT2D eigenvalue weighted by Crippen LogP contribution is -2.42. The zero-order valence-electron chi connectivity index (χ0n) is 15.7. The Labute approximate surface area is 153 Å². The summed E-state index contributed by atoms with van der Waals surface area (Å²) in [6.45, 7) is 10.0. The molecule has 0 aliphatic carbocycles. The summed E-state index contributed by atoms with van der Waals surface area (Å²) < 4.78 is 0. The summed E-state index contributed by atoms with van der Waals surface area (Å²) in [5.41, 5.74) is 3.19. The Morgan fingerprint density at radius 2 is 1.96 bits per heavy atom. The van der Waals surface area contributed by atoms with E-state index in [4.69, 9.17) is 0 Å². The molecule has 0 N–H and O–H groups in total. The molecule has 0 fully saturated rings. The second-order valence-corrected chi connectivity index (χ2v) is 7.61. The van der Waals surface area contributed by atoms with Gasteiger partial charge in [0.05, 0.1) is 5.69 Å². The van der Waals surface area contributed by atoms with Gasteiger partial charge in [-0.05, 0) is 51.8 Å². The van der Waals surface area contributed by atoms with Crippen LogP contribution in [0.25, 0.3) is 16.3 Å². The molecule has 4 nitrogen and oxygen atoms in total. The van der Waals surface area contributed by atoms with Crippen molar-refractivity contribution in [3.8, 4) is 10.7 Å². The predicted octanol–water partition coefficient (Wildman–Crippen LogP) is 5.06. The number of rotatable bonds is 4. The highest BCUT2D eigenvalue weighted by Crippen LogP contribution is 2.25. The van der Waals surface area contributed by atoms with E-state index in [9.17, 15) is 4.79 Å². The molecule has 132 valence electrons. The third-order valence-electron chi connectivity index (χ3n) is 4.01. The van der Waals surface area contributed by atoms with Crippen molar-refractivity contribution in [2.24, 2.45) is 0 Å². The number of pyridine rings is 1. The fourth-order valence-electron chi connectivity index (χ4n) is 2.20. The van der Waals surface area contributed by atoms with E-state index in [-0.39, 0.29) is 11.4 Å². The Balaban J connectivity index is 2.24. The van der Waals surface area contributed by atoms with E-state index < -0.39 is 0 Å². The Kier molecular flexibility index (Phi) is 5.90. The maximum absolute atomic E-state index is 12.5. The summed E-state index contributed by atoms with van der Waals surface area (Å²) >= 11 is 1.44. The van der Waals surface area contributed by atoms with Gasteiger partial charge in [0.1, 0.15) is 10.7 Å². The minimum atomic E-state index is -0.240. The van der Waals surface area contributed by atoms with Crippen molar-refractivity contribution in [3.63, 3.8) is 0 Å². The quantitative estimate of drug-likeness (QED) is 0.721. The Morgan fingerprint density at radius 3 is 2.48 bits per heavy atom. The average Bonchev–Trinajstić information content (AvgIpc) is 3.07. The number of carbonyl (C=O) groups excluding carboxylic acids is 1. The fraction of sp³-hybridized carbons (Fsp3) is 0.350. The Bertz CT molecular complexity index is 795. The van der Waals surface area contributed by atoms with Crippen LogP contribution >= 0.6 is 11.3 Å². The van der Waals surface area contributed by atoms with Gasteiger partial charge in [0.15, 0.2) is 0 Å². The lowest BCUT2D eigenvalue weighted by Gasteiger charge is -2.31. The highest BCUT2D eigenvalue weighted by atomic mass is 32.1. The average molecular weight is 356 g/mol. The van der Waals surface area contributed by atoms with Crippen molar-refractivity contribution in [3.05, 3.63) is 53.2 Å². The first-order valence-corrected chi connectivity index (χ1v) is 9.15. The second kappa shape index (κ2) is 7.74. The number of hydrogen-bond acceptors (Lipinski definition) is 4. The first-order chi connectivity index (χ1) is 11.8. The predicted molar refractivity (Wildman–Crippen MR) is 106 cm³/mol. The van der Waals surface area contributed by atoms with Crippen LogP contribution in [0.1, 0.15) is 50.7 Å². The van der Waals surface area contributed by atoms with Gasteiger partial charge >= 0.3 is 0 Å². The highest BCUT2D eigenvalue weighted by molar-refractivity contribution is 7.13. The SMILES string of the molecule is C/C=C\C(=C/C)c1ccc(-c2nc(C(=O)N(C)C(C)(C)C)cs2)nc1. The van der Waals surface area contributed by atoms with E-state index in [1.165, 1.54) is 11.3 Å². The van der Waals surface area contributed by atoms with Crippen molar-refractivity contribution < 1.29 is 4.79 Å². The number of hydrogen-bond donors (Lipinski definition) is 0. The number of nitrogens with zero attached hydrogens (tertiary/aromatic N) is 3. The zero-order chi connectivity index (χ0) is 18.6. The normalized spacial score (nSPS) is 12.6. The molecule has 0 saturated heterocycles. The van der Waals surface area contributed by atoms with Crippen LogP contribution in [0.4, 0.5) is 0 Å². The second-order valence-electron chi connectivity index (χ2n) is 6.75. The van der Waals surface area contributed by atoms with E-state index in [2.05, 4.69) is 22.1 Å². The molecule has 1 amide bonds. The van der Waals surface area contributed by atoms with Crippen LogP contribution in [0.15, 0.2) is 41.9 Å². The topological polar surface area (TPSA) is 46.1 Å². The molecule has 0 saturated carbocycles. The molecule has 2 aromatic rings. The van der Waals surface area contributed by atoms with E-state index >= 15 is 0 Å². The van der Waals surface area contributed by atoms with E-state index in [1.807, 2.05) is 59.0 Å². The first kappa shape index (κ1) is 19.1. The lowest BCUT2D eigenvalue weighted by atomic mass is 10.1. The monoisotopic (exact) mass is 355 g/mol. The Hall–Kier alpha value is -2.27. The van der Waals surface area contributed by atoms with Crippen LogP contribution in [0, 0.1) is 0 Å². The molecule has 0 aromatic carbocycles. The van der Waals surface area contributed by atoms with Crippen LogP contribution in [0.3, 0.4) is 0 Å². The number of allylic oxidation sites excluding steroid dienone is 4. The van der Waals surface area contributed by atoms with Gasteiger partial charge in [-0.15, -0.1) is 11.3 Å². The van der Waals surface area contributed by atoms with Crippen molar-refractivity contribution >= 4 is 22.8 Å². The molecule has 2 rings (SSSR count). The van der Waals surface area contributed by atoms with Gasteiger partial charge in [-0.25, -0.2) is 4.98 Å². The highest BCUT2D eigenvalue weighted by Gasteiger charge is 2.25. The third-order valence-corrected chi connectivity index (χ3v) is 4.87. The smallest absolute Gasteiger partial charge is 0.273 e. The van der Waals surface area contributed by atoms with Gasteiger partial charge in [0, 0.05) is 24.2 Å². The van der Waals surface area contributed by atoms with Crippen LogP contribution in [0.5, 0.6) is 0 Å². The standard InChI is InChI=1S/C20H25N3OS/c1-7-9-14(8-2)15-10-11-16(21-12-15)18-22-17(13-25-18)19(24)23(6)20(3,4)5/h7-13H,1-6H3/b9-7-,14-8+. The largest absolute Gasteiger partial charge is 0.336 e. The summed E-state index contributed by atoms with van der Waals surface area (Å²) in [5, 5.41) is 2.55. The van der Waals surface area contributed by atoms with Crippen LogP contribution in [-0.4, -0.2) is 33.4 Å². The summed E-state index contributed by atoms with van der Waals surface area (Å²) in [4.78, 5) is 23.2. The molecule has 0 aliphatic heterocycles. The van der Waals surface area contributed by atoms with Gasteiger partial charge in [-0.1, -0.05) is 24.3 Å². The third kappa shape index (κ3) is 4.42. The molecule has 0 bridgehead atoms. The molecule has 25 heavy (non-hydrogen) atoms. The molecule has 0 radical (unpaired) electrons.